The summed E-state index contributed by atoms with van der Waals surface area (Å²) in [5.41, 5.74) is -1.30. The highest BCUT2D eigenvalue weighted by Gasteiger charge is 2.53. The number of aliphatic hydroxyl groups excluding tert-OH is 1. The molecule has 0 bridgehead atoms. The fourth-order valence-electron chi connectivity index (χ4n) is 3.53. The zero-order chi connectivity index (χ0) is 27.4. The number of ether oxygens (including phenoxy) is 2. The van der Waals surface area contributed by atoms with Crippen LogP contribution < -0.4 is 20.9 Å². The van der Waals surface area contributed by atoms with Gasteiger partial charge >= 0.3 is 19.4 Å². The van der Waals surface area contributed by atoms with Crippen LogP contribution in [0.1, 0.15) is 33.9 Å². The first-order chi connectivity index (χ1) is 17.3. The summed E-state index contributed by atoms with van der Waals surface area (Å²) in [5.74, 6) is -0.463. The zero-order valence-corrected chi connectivity index (χ0v) is 23.3. The Balaban J connectivity index is 1.75. The summed E-state index contributed by atoms with van der Waals surface area (Å²) >= 11 is 3.42. The van der Waals surface area contributed by atoms with Gasteiger partial charge in [0.25, 0.3) is 5.56 Å². The molecule has 1 saturated heterocycles. The average molecular weight is 604 g/mol. The van der Waals surface area contributed by atoms with Gasteiger partial charge in [0.1, 0.15) is 24.6 Å². The van der Waals surface area contributed by atoms with E-state index in [0.29, 0.717) is 0 Å². The molecule has 0 unspecified atom stereocenters. The fourth-order valence-corrected chi connectivity index (χ4v) is 5.69. The Hall–Kier alpha value is -2.28. The number of benzene rings is 1. The van der Waals surface area contributed by atoms with E-state index >= 15 is 0 Å². The van der Waals surface area contributed by atoms with Crippen molar-refractivity contribution in [1.82, 2.24) is 14.6 Å². The van der Waals surface area contributed by atoms with Gasteiger partial charge in [-0.25, -0.2) is 14.4 Å². The van der Waals surface area contributed by atoms with Gasteiger partial charge in [-0.05, 0) is 26.0 Å². The van der Waals surface area contributed by atoms with E-state index in [9.17, 15) is 24.1 Å². The molecule has 1 aromatic carbocycles. The SMILES string of the molecule is CC(C)C(=O)OC[C@H](C)N[P@@](=O)(OC[C@H]1O[C@@H](n2ccc(=O)[nH]c2=O)[C@](C)(Br)[C@@H]1O)Oc1ccccc1. The van der Waals surface area contributed by atoms with Crippen molar-refractivity contribution < 1.29 is 33.0 Å². The molecular formula is C23H31BrN3O9P. The van der Waals surface area contributed by atoms with Gasteiger partial charge in [0.15, 0.2) is 6.23 Å². The summed E-state index contributed by atoms with van der Waals surface area (Å²) in [5, 5.41) is 13.7. The Bertz CT molecular complexity index is 1230. The first-order valence-electron chi connectivity index (χ1n) is 11.6. The van der Waals surface area contributed by atoms with Gasteiger partial charge in [-0.3, -0.25) is 23.7 Å². The molecular weight excluding hydrogens is 573 g/mol. The summed E-state index contributed by atoms with van der Waals surface area (Å²) in [6.07, 6.45) is -1.99. The molecule has 0 amide bonds. The molecule has 3 rings (SSSR count). The van der Waals surface area contributed by atoms with Crippen molar-refractivity contribution in [2.45, 2.75) is 56.5 Å². The number of alkyl halides is 1. The molecule has 0 spiro atoms. The molecule has 14 heteroatoms. The number of nitrogens with zero attached hydrogens (tertiary/aromatic N) is 1. The standard InChI is InChI=1S/C23H31BrN3O9P/c1-14(2)20(30)33-12-15(3)26-37(32,36-16-8-6-5-7-9-16)34-13-17-19(29)23(4,24)21(35-17)27-11-10-18(28)25-22(27)31/h5-11,14-15,17,19,21,29H,12-13H2,1-4H3,(H,26,32)(H,25,28,31)/t15-,17+,19+,21+,23+,37+/m0/s1. The maximum absolute atomic E-state index is 13.7. The average Bonchev–Trinajstić information content (AvgIpc) is 3.05. The Morgan fingerprint density at radius 2 is 1.95 bits per heavy atom. The van der Waals surface area contributed by atoms with Crippen LogP contribution >= 0.6 is 23.7 Å². The monoisotopic (exact) mass is 603 g/mol. The number of esters is 1. The van der Waals surface area contributed by atoms with Gasteiger partial charge in [0, 0.05) is 18.3 Å². The molecule has 1 fully saturated rings. The normalized spacial score (nSPS) is 26.0. The number of aromatic nitrogens is 2. The van der Waals surface area contributed by atoms with Crippen molar-refractivity contribution in [2.24, 2.45) is 5.92 Å². The van der Waals surface area contributed by atoms with Crippen LogP contribution in [0.2, 0.25) is 0 Å². The molecule has 6 atom stereocenters. The number of carbonyl (C=O) groups is 1. The Labute approximate surface area is 222 Å². The third kappa shape index (κ3) is 7.40. The number of carbonyl (C=O) groups excluding carboxylic acids is 1. The van der Waals surface area contributed by atoms with Crippen molar-refractivity contribution in [1.29, 1.82) is 0 Å². The lowest BCUT2D eigenvalue weighted by Gasteiger charge is -2.27. The summed E-state index contributed by atoms with van der Waals surface area (Å²) in [4.78, 5) is 37.7. The molecule has 0 aliphatic carbocycles. The number of hydrogen-bond donors (Lipinski definition) is 3. The van der Waals surface area contributed by atoms with Crippen molar-refractivity contribution >= 4 is 29.6 Å². The lowest BCUT2D eigenvalue weighted by atomic mass is 10.0. The van der Waals surface area contributed by atoms with E-state index in [1.165, 1.54) is 6.20 Å². The quantitative estimate of drug-likeness (QED) is 0.198. The van der Waals surface area contributed by atoms with E-state index < -0.39 is 53.8 Å². The number of para-hydroxylation sites is 1. The van der Waals surface area contributed by atoms with Crippen molar-refractivity contribution in [2.75, 3.05) is 13.2 Å². The molecule has 3 N–H and O–H groups in total. The number of rotatable bonds is 11. The van der Waals surface area contributed by atoms with Crippen LogP contribution in [-0.4, -0.2) is 56.4 Å². The van der Waals surface area contributed by atoms with Crippen molar-refractivity contribution in [3.8, 4) is 5.75 Å². The molecule has 37 heavy (non-hydrogen) atoms. The van der Waals surface area contributed by atoms with Crippen LogP contribution in [-0.2, 0) is 23.4 Å². The van der Waals surface area contributed by atoms with E-state index in [0.717, 1.165) is 10.6 Å². The first kappa shape index (κ1) is 29.3. The Morgan fingerprint density at radius 3 is 2.57 bits per heavy atom. The van der Waals surface area contributed by atoms with Gasteiger partial charge in [0.05, 0.1) is 16.8 Å². The van der Waals surface area contributed by atoms with Gasteiger partial charge in [0.2, 0.25) is 0 Å². The smallest absolute Gasteiger partial charge is 0.459 e. The second-order valence-electron chi connectivity index (χ2n) is 9.15. The van der Waals surface area contributed by atoms with E-state index in [2.05, 4.69) is 26.0 Å². The molecule has 12 nitrogen and oxygen atoms in total. The van der Waals surface area contributed by atoms with Crippen LogP contribution in [0.25, 0.3) is 0 Å². The van der Waals surface area contributed by atoms with Crippen LogP contribution in [0.4, 0.5) is 0 Å². The lowest BCUT2D eigenvalue weighted by Crippen LogP contribution is -2.42. The van der Waals surface area contributed by atoms with E-state index in [-0.39, 0.29) is 24.9 Å². The summed E-state index contributed by atoms with van der Waals surface area (Å²) in [6, 6.07) is 8.88. The molecule has 0 radical (unpaired) electrons. The number of halogens is 1. The van der Waals surface area contributed by atoms with E-state index in [1.807, 2.05) is 0 Å². The molecule has 1 aliphatic heterocycles. The number of aliphatic hydroxyl groups is 1. The number of nitrogens with one attached hydrogen (secondary N) is 2. The number of hydrogen-bond acceptors (Lipinski definition) is 9. The lowest BCUT2D eigenvalue weighted by molar-refractivity contribution is -0.147. The topological polar surface area (TPSA) is 158 Å². The third-order valence-corrected chi connectivity index (χ3v) is 8.08. The van der Waals surface area contributed by atoms with Gasteiger partial charge < -0.3 is 19.1 Å². The second kappa shape index (κ2) is 12.1. The maximum atomic E-state index is 13.7. The van der Waals surface area contributed by atoms with Crippen LogP contribution in [0.3, 0.4) is 0 Å². The highest BCUT2D eigenvalue weighted by atomic mass is 79.9. The van der Waals surface area contributed by atoms with Gasteiger partial charge in [-0.15, -0.1) is 0 Å². The minimum Gasteiger partial charge on any atom is -0.464 e. The van der Waals surface area contributed by atoms with E-state index in [4.69, 9.17) is 18.5 Å². The predicted molar refractivity (Wildman–Crippen MR) is 138 cm³/mol. The molecule has 2 heterocycles. The summed E-state index contributed by atoms with van der Waals surface area (Å²) in [6.45, 7) is 6.20. The Kier molecular flexibility index (Phi) is 9.54. The molecule has 1 aliphatic rings. The molecule has 204 valence electrons. The largest absolute Gasteiger partial charge is 0.464 e. The second-order valence-corrected chi connectivity index (χ2v) is 12.6. The van der Waals surface area contributed by atoms with Gasteiger partial charge in [-0.2, -0.15) is 0 Å². The number of aromatic amines is 1. The predicted octanol–water partition coefficient (Wildman–Crippen LogP) is 2.33. The van der Waals surface area contributed by atoms with Crippen LogP contribution in [0.15, 0.2) is 52.2 Å². The fraction of sp³-hybridized carbons (Fsp3) is 0.522. The highest BCUT2D eigenvalue weighted by molar-refractivity contribution is 9.10. The summed E-state index contributed by atoms with van der Waals surface area (Å²) in [7, 11) is -4.07. The Morgan fingerprint density at radius 1 is 1.27 bits per heavy atom. The van der Waals surface area contributed by atoms with E-state index in [1.54, 1.807) is 58.0 Å². The minimum absolute atomic E-state index is 0.0816. The van der Waals surface area contributed by atoms with Crippen LogP contribution in [0.5, 0.6) is 5.75 Å². The van der Waals surface area contributed by atoms with Crippen LogP contribution in [0, 0.1) is 5.92 Å². The third-order valence-electron chi connectivity index (χ3n) is 5.52. The molecule has 0 saturated carbocycles. The summed E-state index contributed by atoms with van der Waals surface area (Å²) < 4.78 is 36.1. The van der Waals surface area contributed by atoms with Crippen molar-refractivity contribution in [3.63, 3.8) is 0 Å². The van der Waals surface area contributed by atoms with Crippen molar-refractivity contribution in [3.05, 3.63) is 63.4 Å². The zero-order valence-electron chi connectivity index (χ0n) is 20.8. The molecule has 1 aromatic heterocycles. The first-order valence-corrected chi connectivity index (χ1v) is 13.9. The molecule has 2 aromatic rings. The highest BCUT2D eigenvalue weighted by Crippen LogP contribution is 2.48. The minimum atomic E-state index is -4.07. The maximum Gasteiger partial charge on any atom is 0.459 e. The van der Waals surface area contributed by atoms with Gasteiger partial charge in [-0.1, -0.05) is 48.0 Å². The number of H-pyrrole nitrogens is 1.